The molecule has 0 atom stereocenters. The lowest BCUT2D eigenvalue weighted by Crippen LogP contribution is -2.27. The lowest BCUT2D eigenvalue weighted by molar-refractivity contribution is 0.0950. The second-order valence-corrected chi connectivity index (χ2v) is 6.04. The van der Waals surface area contributed by atoms with Gasteiger partial charge in [0.2, 0.25) is 0 Å². The minimum absolute atomic E-state index is 0.169. The van der Waals surface area contributed by atoms with Crippen LogP contribution in [0.3, 0.4) is 0 Å². The van der Waals surface area contributed by atoms with E-state index in [-0.39, 0.29) is 18.0 Å². The molecule has 128 valence electrons. The van der Waals surface area contributed by atoms with Gasteiger partial charge in [0.15, 0.2) is 0 Å². The lowest BCUT2D eigenvalue weighted by Gasteiger charge is -2.07. The summed E-state index contributed by atoms with van der Waals surface area (Å²) in [5.74, 6) is -0.251. The molecule has 0 aliphatic rings. The third-order valence-electron chi connectivity index (χ3n) is 4.00. The standard InChI is InChI=1S/C19H20N4O2/c1-13-8-14(2)22-19(25)17(13)10-20-18(24)16-9-21-23(12-16)11-15-6-4-3-5-7-15/h3-9,12H,10-11H2,1-2H3,(H,20,24)(H,22,25). The van der Waals surface area contributed by atoms with Crippen LogP contribution in [-0.4, -0.2) is 20.7 Å². The van der Waals surface area contributed by atoms with Gasteiger partial charge in [0.25, 0.3) is 11.5 Å². The molecule has 0 radical (unpaired) electrons. The average Bonchev–Trinajstić information content (AvgIpc) is 3.03. The SMILES string of the molecule is Cc1cc(C)c(CNC(=O)c2cnn(Cc3ccccc3)c2)c(=O)[nH]1. The van der Waals surface area contributed by atoms with Crippen LogP contribution >= 0.6 is 0 Å². The zero-order chi connectivity index (χ0) is 17.8. The molecule has 25 heavy (non-hydrogen) atoms. The Morgan fingerprint density at radius 1 is 1.24 bits per heavy atom. The van der Waals surface area contributed by atoms with Crippen LogP contribution in [0.25, 0.3) is 0 Å². The minimum Gasteiger partial charge on any atom is -0.348 e. The number of pyridine rings is 1. The van der Waals surface area contributed by atoms with Crippen molar-refractivity contribution in [2.24, 2.45) is 0 Å². The molecule has 0 bridgehead atoms. The molecule has 0 unspecified atom stereocenters. The molecule has 0 fully saturated rings. The second-order valence-electron chi connectivity index (χ2n) is 6.04. The number of hydrogen-bond acceptors (Lipinski definition) is 3. The fraction of sp³-hybridized carbons (Fsp3) is 0.211. The van der Waals surface area contributed by atoms with E-state index in [1.807, 2.05) is 50.2 Å². The Morgan fingerprint density at radius 2 is 2.00 bits per heavy atom. The Kier molecular flexibility index (Phi) is 4.79. The molecular formula is C19H20N4O2. The highest BCUT2D eigenvalue weighted by Crippen LogP contribution is 2.06. The first-order valence-electron chi connectivity index (χ1n) is 8.07. The number of aromatic amines is 1. The number of H-pyrrole nitrogens is 1. The number of rotatable bonds is 5. The van der Waals surface area contributed by atoms with E-state index in [1.54, 1.807) is 10.9 Å². The van der Waals surface area contributed by atoms with Crippen molar-refractivity contribution in [2.75, 3.05) is 0 Å². The van der Waals surface area contributed by atoms with E-state index in [1.165, 1.54) is 6.20 Å². The molecule has 0 aliphatic heterocycles. The van der Waals surface area contributed by atoms with Crippen molar-refractivity contribution in [2.45, 2.75) is 26.9 Å². The summed E-state index contributed by atoms with van der Waals surface area (Å²) in [4.78, 5) is 27.0. The maximum absolute atomic E-state index is 12.3. The van der Waals surface area contributed by atoms with E-state index >= 15 is 0 Å². The molecular weight excluding hydrogens is 316 g/mol. The molecule has 2 heterocycles. The third-order valence-corrected chi connectivity index (χ3v) is 4.00. The highest BCUT2D eigenvalue weighted by molar-refractivity contribution is 5.93. The van der Waals surface area contributed by atoms with Crippen molar-refractivity contribution < 1.29 is 4.79 Å². The minimum atomic E-state index is -0.251. The quantitative estimate of drug-likeness (QED) is 0.749. The van der Waals surface area contributed by atoms with Crippen LogP contribution < -0.4 is 10.9 Å². The molecule has 1 amide bonds. The van der Waals surface area contributed by atoms with Crippen LogP contribution in [0.5, 0.6) is 0 Å². The van der Waals surface area contributed by atoms with Crippen LogP contribution in [-0.2, 0) is 13.1 Å². The van der Waals surface area contributed by atoms with Crippen LogP contribution in [0, 0.1) is 13.8 Å². The number of hydrogen-bond donors (Lipinski definition) is 2. The monoisotopic (exact) mass is 336 g/mol. The molecule has 6 nitrogen and oxygen atoms in total. The summed E-state index contributed by atoms with van der Waals surface area (Å²) in [5, 5.41) is 7.00. The molecule has 0 aliphatic carbocycles. The highest BCUT2D eigenvalue weighted by atomic mass is 16.2. The molecule has 6 heteroatoms. The van der Waals surface area contributed by atoms with Gasteiger partial charge in [-0.3, -0.25) is 14.3 Å². The lowest BCUT2D eigenvalue weighted by atomic mass is 10.1. The predicted octanol–water partition coefficient (Wildman–Crippen LogP) is 2.17. The van der Waals surface area contributed by atoms with Crippen molar-refractivity contribution in [1.29, 1.82) is 0 Å². The molecule has 2 aromatic heterocycles. The van der Waals surface area contributed by atoms with E-state index in [0.717, 1.165) is 16.8 Å². The van der Waals surface area contributed by atoms with Gasteiger partial charge in [-0.2, -0.15) is 5.10 Å². The van der Waals surface area contributed by atoms with Crippen LogP contribution in [0.2, 0.25) is 0 Å². The number of nitrogens with one attached hydrogen (secondary N) is 2. The maximum atomic E-state index is 12.3. The summed E-state index contributed by atoms with van der Waals surface area (Å²) >= 11 is 0. The molecule has 0 spiro atoms. The maximum Gasteiger partial charge on any atom is 0.254 e. The van der Waals surface area contributed by atoms with Gasteiger partial charge in [-0.1, -0.05) is 30.3 Å². The summed E-state index contributed by atoms with van der Waals surface area (Å²) in [7, 11) is 0. The van der Waals surface area contributed by atoms with Gasteiger partial charge in [-0.25, -0.2) is 0 Å². The van der Waals surface area contributed by atoms with Crippen molar-refractivity contribution >= 4 is 5.91 Å². The fourth-order valence-electron chi connectivity index (χ4n) is 2.71. The Hall–Kier alpha value is -3.15. The van der Waals surface area contributed by atoms with Gasteiger partial charge < -0.3 is 10.3 Å². The van der Waals surface area contributed by atoms with E-state index in [2.05, 4.69) is 15.4 Å². The first kappa shape index (κ1) is 16.7. The van der Waals surface area contributed by atoms with Crippen LogP contribution in [0.15, 0.2) is 53.6 Å². The molecule has 2 N–H and O–H groups in total. The molecule has 1 aromatic carbocycles. The second kappa shape index (κ2) is 7.17. The summed E-state index contributed by atoms with van der Waals surface area (Å²) in [5.41, 5.74) is 3.64. The summed E-state index contributed by atoms with van der Waals surface area (Å²) in [6, 6.07) is 11.8. The summed E-state index contributed by atoms with van der Waals surface area (Å²) < 4.78 is 1.72. The van der Waals surface area contributed by atoms with E-state index in [0.29, 0.717) is 17.7 Å². The number of aryl methyl sites for hydroxylation is 2. The van der Waals surface area contributed by atoms with E-state index < -0.39 is 0 Å². The molecule has 0 saturated carbocycles. The van der Waals surface area contributed by atoms with Gasteiger partial charge in [0.1, 0.15) is 0 Å². The van der Waals surface area contributed by atoms with Gasteiger partial charge in [0, 0.05) is 24.0 Å². The Labute approximate surface area is 145 Å². The largest absolute Gasteiger partial charge is 0.348 e. The number of aromatic nitrogens is 3. The topological polar surface area (TPSA) is 79.8 Å². The van der Waals surface area contributed by atoms with Crippen LogP contribution in [0.4, 0.5) is 0 Å². The van der Waals surface area contributed by atoms with Gasteiger partial charge in [-0.15, -0.1) is 0 Å². The van der Waals surface area contributed by atoms with Gasteiger partial charge in [0.05, 0.1) is 18.3 Å². The van der Waals surface area contributed by atoms with Crippen molar-refractivity contribution in [3.63, 3.8) is 0 Å². The van der Waals surface area contributed by atoms with Gasteiger partial charge in [-0.05, 0) is 31.0 Å². The number of carbonyl (C=O) groups excluding carboxylic acids is 1. The molecule has 3 rings (SSSR count). The predicted molar refractivity (Wildman–Crippen MR) is 95.5 cm³/mol. The summed E-state index contributed by atoms with van der Waals surface area (Å²) in [6.07, 6.45) is 3.24. The average molecular weight is 336 g/mol. The molecule has 0 saturated heterocycles. The van der Waals surface area contributed by atoms with Crippen molar-refractivity contribution in [3.8, 4) is 0 Å². The number of amides is 1. The Balaban J connectivity index is 1.66. The molecule has 3 aromatic rings. The number of nitrogens with zero attached hydrogens (tertiary/aromatic N) is 2. The third kappa shape index (κ3) is 4.03. The van der Waals surface area contributed by atoms with E-state index in [4.69, 9.17) is 0 Å². The van der Waals surface area contributed by atoms with Crippen LogP contribution in [0.1, 0.15) is 32.7 Å². The zero-order valence-corrected chi connectivity index (χ0v) is 14.2. The summed E-state index contributed by atoms with van der Waals surface area (Å²) in [6.45, 7) is 4.48. The first-order valence-corrected chi connectivity index (χ1v) is 8.07. The van der Waals surface area contributed by atoms with Crippen molar-refractivity contribution in [3.05, 3.63) is 87.1 Å². The zero-order valence-electron chi connectivity index (χ0n) is 14.2. The van der Waals surface area contributed by atoms with Gasteiger partial charge >= 0.3 is 0 Å². The normalized spacial score (nSPS) is 10.6. The van der Waals surface area contributed by atoms with Crippen molar-refractivity contribution in [1.82, 2.24) is 20.1 Å². The van der Waals surface area contributed by atoms with E-state index in [9.17, 15) is 9.59 Å². The fourth-order valence-corrected chi connectivity index (χ4v) is 2.71. The number of benzene rings is 1. The Bertz CT molecular complexity index is 942. The Morgan fingerprint density at radius 3 is 2.72 bits per heavy atom. The highest BCUT2D eigenvalue weighted by Gasteiger charge is 2.11. The first-order chi connectivity index (χ1) is 12.0. The smallest absolute Gasteiger partial charge is 0.254 e. The number of carbonyl (C=O) groups is 1.